The Bertz CT molecular complexity index is 696. The fraction of sp³-hybridized carbons (Fsp3) is 0.458. The van der Waals surface area contributed by atoms with Crippen molar-refractivity contribution in [1.29, 1.82) is 0 Å². The van der Waals surface area contributed by atoms with Crippen molar-refractivity contribution in [3.8, 4) is 0 Å². The van der Waals surface area contributed by atoms with Gasteiger partial charge in [0.15, 0.2) is 0 Å². The van der Waals surface area contributed by atoms with Gasteiger partial charge in [-0.3, -0.25) is 0 Å². The largest absolute Gasteiger partial charge is 0.407 e. The molecular weight excluding hydrogens is 348 g/mol. The highest BCUT2D eigenvalue weighted by atomic mass is 28.4. The Morgan fingerprint density at radius 2 is 1.56 bits per heavy atom. The number of hydrogen-bond donors (Lipinski definition) is 0. The topological polar surface area (TPSA) is 26.3 Å². The van der Waals surface area contributed by atoms with Crippen molar-refractivity contribution >= 4 is 25.0 Å². The molecular formula is C24H32O2Si. The van der Waals surface area contributed by atoms with Gasteiger partial charge >= 0.3 is 0 Å². The van der Waals surface area contributed by atoms with E-state index in [1.165, 1.54) is 10.4 Å². The van der Waals surface area contributed by atoms with Crippen molar-refractivity contribution in [1.82, 2.24) is 0 Å². The minimum absolute atomic E-state index is 0.0177. The second kappa shape index (κ2) is 8.11. The van der Waals surface area contributed by atoms with E-state index in [9.17, 15) is 4.79 Å². The molecule has 0 heterocycles. The third-order valence-corrected chi connectivity index (χ3v) is 11.1. The Morgan fingerprint density at radius 1 is 1.04 bits per heavy atom. The molecule has 0 aliphatic heterocycles. The third kappa shape index (κ3) is 4.09. The molecule has 0 N–H and O–H groups in total. The lowest BCUT2D eigenvalue weighted by Crippen LogP contribution is -2.66. The van der Waals surface area contributed by atoms with Crippen LogP contribution in [0, 0.1) is 17.8 Å². The van der Waals surface area contributed by atoms with Gasteiger partial charge in [0.2, 0.25) is 0 Å². The number of carbonyl (C=O) groups is 1. The standard InChI is InChI=1S/C24H32O2Si/c1-19(23-17-20(23)18-25)15-16-26-27(24(2,3)4,21-11-7-5-8-12-21)22-13-9-6-10-14-22/h5-14,18-20,23H,15-17H2,1-4H3/t19?,20-,23-/m1/s1. The summed E-state index contributed by atoms with van der Waals surface area (Å²) in [7, 11) is -2.43. The predicted molar refractivity (Wildman–Crippen MR) is 115 cm³/mol. The smallest absolute Gasteiger partial charge is 0.261 e. The van der Waals surface area contributed by atoms with Crippen LogP contribution in [0.3, 0.4) is 0 Å². The summed E-state index contributed by atoms with van der Waals surface area (Å²) in [5.41, 5.74) is 0. The van der Waals surface area contributed by atoms with Gasteiger partial charge in [-0.2, -0.15) is 0 Å². The van der Waals surface area contributed by atoms with Gasteiger partial charge in [0.1, 0.15) is 6.29 Å². The summed E-state index contributed by atoms with van der Waals surface area (Å²) in [5.74, 6) is 1.39. The molecule has 27 heavy (non-hydrogen) atoms. The molecule has 3 atom stereocenters. The monoisotopic (exact) mass is 380 g/mol. The molecule has 0 radical (unpaired) electrons. The van der Waals surface area contributed by atoms with Crippen molar-refractivity contribution in [2.45, 2.75) is 45.6 Å². The first-order valence-electron chi connectivity index (χ1n) is 10.1. The summed E-state index contributed by atoms with van der Waals surface area (Å²) in [5, 5.41) is 2.67. The second-order valence-electron chi connectivity index (χ2n) is 8.98. The third-order valence-electron chi connectivity index (χ3n) is 6.11. The van der Waals surface area contributed by atoms with E-state index in [0.29, 0.717) is 11.8 Å². The molecule has 2 aromatic carbocycles. The molecule has 1 aliphatic rings. The minimum Gasteiger partial charge on any atom is -0.407 e. The maximum atomic E-state index is 11.0. The molecule has 1 unspecified atom stereocenters. The molecule has 2 aromatic rings. The van der Waals surface area contributed by atoms with Gasteiger partial charge in [0.25, 0.3) is 8.32 Å². The van der Waals surface area contributed by atoms with E-state index >= 15 is 0 Å². The van der Waals surface area contributed by atoms with E-state index in [1.54, 1.807) is 0 Å². The van der Waals surface area contributed by atoms with Crippen LogP contribution in [0.15, 0.2) is 60.7 Å². The van der Waals surface area contributed by atoms with Crippen LogP contribution in [0.25, 0.3) is 0 Å². The van der Waals surface area contributed by atoms with Crippen molar-refractivity contribution in [3.05, 3.63) is 60.7 Å². The maximum absolute atomic E-state index is 11.0. The SMILES string of the molecule is CC(CCO[Si](c1ccccc1)(c1ccccc1)C(C)(C)C)[C@H]1C[C@@H]1C=O. The molecule has 3 rings (SSSR count). The number of aldehydes is 1. The van der Waals surface area contributed by atoms with Gasteiger partial charge in [0.05, 0.1) is 0 Å². The number of benzene rings is 2. The number of hydrogen-bond acceptors (Lipinski definition) is 2. The molecule has 2 nitrogen and oxygen atoms in total. The summed E-state index contributed by atoms with van der Waals surface area (Å²) >= 11 is 0. The van der Waals surface area contributed by atoms with Crippen LogP contribution in [0.2, 0.25) is 5.04 Å². The van der Waals surface area contributed by atoms with E-state index in [-0.39, 0.29) is 11.0 Å². The molecule has 0 aromatic heterocycles. The maximum Gasteiger partial charge on any atom is 0.261 e. The van der Waals surface area contributed by atoms with E-state index in [1.807, 2.05) is 0 Å². The van der Waals surface area contributed by atoms with Crippen molar-refractivity contribution in [3.63, 3.8) is 0 Å². The number of rotatable bonds is 8. The Balaban J connectivity index is 1.89. The lowest BCUT2D eigenvalue weighted by molar-refractivity contribution is -0.109. The lowest BCUT2D eigenvalue weighted by atomic mass is 10.0. The molecule has 1 fully saturated rings. The fourth-order valence-electron chi connectivity index (χ4n) is 4.42. The fourth-order valence-corrected chi connectivity index (χ4v) is 9.00. The average Bonchev–Trinajstić information content (AvgIpc) is 3.45. The molecule has 0 bridgehead atoms. The Labute approximate surface area is 165 Å². The summed E-state index contributed by atoms with van der Waals surface area (Å²) in [6.45, 7) is 9.95. The van der Waals surface area contributed by atoms with Crippen LogP contribution in [0.4, 0.5) is 0 Å². The van der Waals surface area contributed by atoms with Crippen LogP contribution >= 0.6 is 0 Å². The molecule has 1 aliphatic carbocycles. The quantitative estimate of drug-likeness (QED) is 0.500. The molecule has 1 saturated carbocycles. The average molecular weight is 381 g/mol. The second-order valence-corrected chi connectivity index (χ2v) is 13.3. The zero-order valence-electron chi connectivity index (χ0n) is 17.0. The van der Waals surface area contributed by atoms with E-state index < -0.39 is 8.32 Å². The first-order chi connectivity index (χ1) is 12.9. The molecule has 0 saturated heterocycles. The summed E-state index contributed by atoms with van der Waals surface area (Å²) in [6.07, 6.45) is 3.20. The summed E-state index contributed by atoms with van der Waals surface area (Å²) in [6, 6.07) is 21.6. The summed E-state index contributed by atoms with van der Waals surface area (Å²) < 4.78 is 6.93. The Morgan fingerprint density at radius 3 is 1.96 bits per heavy atom. The molecule has 144 valence electrons. The lowest BCUT2D eigenvalue weighted by Gasteiger charge is -2.43. The van der Waals surface area contributed by atoms with Crippen molar-refractivity contribution < 1.29 is 9.22 Å². The predicted octanol–water partition coefficient (Wildman–Crippen LogP) is 4.42. The van der Waals surface area contributed by atoms with Crippen molar-refractivity contribution in [2.75, 3.05) is 6.61 Å². The zero-order valence-corrected chi connectivity index (χ0v) is 18.0. The van der Waals surface area contributed by atoms with Gasteiger partial charge in [-0.05, 0) is 40.1 Å². The molecule has 0 amide bonds. The minimum atomic E-state index is -2.43. The van der Waals surface area contributed by atoms with Crippen LogP contribution in [-0.4, -0.2) is 21.2 Å². The van der Waals surface area contributed by atoms with E-state index in [2.05, 4.69) is 88.4 Å². The highest BCUT2D eigenvalue weighted by Crippen LogP contribution is 2.44. The number of carbonyl (C=O) groups excluding carboxylic acids is 1. The van der Waals surface area contributed by atoms with Crippen LogP contribution in [0.5, 0.6) is 0 Å². The Kier molecular flexibility index (Phi) is 6.02. The van der Waals surface area contributed by atoms with Crippen LogP contribution in [0.1, 0.15) is 40.5 Å². The highest BCUT2D eigenvalue weighted by molar-refractivity contribution is 6.99. The van der Waals surface area contributed by atoms with Crippen LogP contribution < -0.4 is 10.4 Å². The first kappa shape index (κ1) is 20.0. The molecule has 3 heteroatoms. The van der Waals surface area contributed by atoms with Gasteiger partial charge < -0.3 is 9.22 Å². The van der Waals surface area contributed by atoms with Gasteiger partial charge in [-0.1, -0.05) is 88.4 Å². The first-order valence-corrected chi connectivity index (χ1v) is 12.0. The zero-order chi connectivity index (χ0) is 19.5. The normalized spacial score (nSPS) is 20.9. The van der Waals surface area contributed by atoms with E-state index in [0.717, 1.165) is 25.7 Å². The van der Waals surface area contributed by atoms with Gasteiger partial charge in [-0.25, -0.2) is 0 Å². The van der Waals surface area contributed by atoms with Gasteiger partial charge in [-0.15, -0.1) is 0 Å². The highest BCUT2D eigenvalue weighted by Gasteiger charge is 2.50. The van der Waals surface area contributed by atoms with Crippen molar-refractivity contribution in [2.24, 2.45) is 17.8 Å². The summed E-state index contributed by atoms with van der Waals surface area (Å²) in [4.78, 5) is 11.0. The van der Waals surface area contributed by atoms with E-state index in [4.69, 9.17) is 4.43 Å². The van der Waals surface area contributed by atoms with Crippen LogP contribution in [-0.2, 0) is 9.22 Å². The Hall–Kier alpha value is -1.71. The molecule has 0 spiro atoms. The van der Waals surface area contributed by atoms with Gasteiger partial charge in [0, 0.05) is 12.5 Å².